The smallest absolute Gasteiger partial charge is 0.414 e. The normalized spacial score (nSPS) is 16.6. The predicted octanol–water partition coefficient (Wildman–Crippen LogP) is -0.246. The molecule has 1 aliphatic carbocycles. The first kappa shape index (κ1) is 33.4. The molecular formula is C15H26NO11Pt+. The maximum Gasteiger partial charge on any atom is 0.414 e. The maximum absolute atomic E-state index is 9.66. The largest absolute Gasteiger partial charge is 0.481 e. The first-order chi connectivity index (χ1) is 12.3. The quantitative estimate of drug-likeness (QED) is 0.184. The van der Waals surface area contributed by atoms with Gasteiger partial charge in [0.1, 0.15) is 19.1 Å². The van der Waals surface area contributed by atoms with Crippen LogP contribution in [0.3, 0.4) is 0 Å². The van der Waals surface area contributed by atoms with Crippen molar-refractivity contribution in [3.63, 3.8) is 0 Å². The van der Waals surface area contributed by atoms with Crippen molar-refractivity contribution in [2.75, 3.05) is 13.2 Å². The van der Waals surface area contributed by atoms with Crippen LogP contribution in [0.1, 0.15) is 32.6 Å². The van der Waals surface area contributed by atoms with E-state index in [2.05, 4.69) is 11.7 Å². The van der Waals surface area contributed by atoms with E-state index in [1.165, 1.54) is 25.7 Å². The van der Waals surface area contributed by atoms with Gasteiger partial charge in [0.15, 0.2) is 0 Å². The van der Waals surface area contributed by atoms with E-state index in [1.54, 1.807) is 0 Å². The van der Waals surface area contributed by atoms with Gasteiger partial charge >= 0.3 is 23.9 Å². The molecule has 1 aliphatic rings. The van der Waals surface area contributed by atoms with Gasteiger partial charge in [-0.1, -0.05) is 6.42 Å². The summed E-state index contributed by atoms with van der Waals surface area (Å²) in [5.41, 5.74) is 5.72. The van der Waals surface area contributed by atoms with Gasteiger partial charge in [0.05, 0.1) is 6.92 Å². The van der Waals surface area contributed by atoms with E-state index in [0.29, 0.717) is 12.0 Å². The molecular weight excluding hydrogens is 565 g/mol. The predicted molar refractivity (Wildman–Crippen MR) is 90.0 cm³/mol. The molecule has 0 aromatic rings. The van der Waals surface area contributed by atoms with Gasteiger partial charge in [-0.2, -0.15) is 0 Å². The topological polar surface area (TPSA) is 222 Å². The van der Waals surface area contributed by atoms with E-state index in [4.69, 9.17) is 45.6 Å². The summed E-state index contributed by atoms with van der Waals surface area (Å²) in [5, 5.41) is 38.0. The fraction of sp³-hybridized carbons (Fsp3) is 0.600. The van der Waals surface area contributed by atoms with E-state index >= 15 is 0 Å². The second kappa shape index (κ2) is 21.1. The molecule has 0 aliphatic heterocycles. The monoisotopic (exact) mass is 591 g/mol. The molecule has 12 nitrogen and oxygen atoms in total. The van der Waals surface area contributed by atoms with Crippen molar-refractivity contribution in [3.8, 4) is 0 Å². The standard InChI is InChI=1S/C7H14N.C4H6O5.C2H2O4.C2H4O2.Pt/c1-6-4-2-3-5-7(6)8;5-3(6)1-9-2-4(7)8;3-1(4)2(5)6;1-2(3)4;/h6-7H,1-5,8H2;1-2H2,(H,5,6)(H,7,8);(H,3,4)(H,5,6);1H3,(H,3,4);/q+1;;;;/t6-,7-;;;;/m1..../s1. The van der Waals surface area contributed by atoms with Crippen LogP contribution < -0.4 is 5.73 Å². The Morgan fingerprint density at radius 3 is 1.39 bits per heavy atom. The number of carbonyl (C=O) groups is 5. The molecule has 166 valence electrons. The third kappa shape index (κ3) is 35.0. The Labute approximate surface area is 175 Å². The zero-order valence-corrected chi connectivity index (χ0v) is 17.5. The van der Waals surface area contributed by atoms with E-state index in [0.717, 1.165) is 6.92 Å². The summed E-state index contributed by atoms with van der Waals surface area (Å²) in [5.74, 6) is -6.29. The number of hydrogen-bond acceptors (Lipinski definition) is 7. The van der Waals surface area contributed by atoms with E-state index < -0.39 is 43.1 Å². The molecule has 0 radical (unpaired) electrons. The molecule has 28 heavy (non-hydrogen) atoms. The molecule has 7 N–H and O–H groups in total. The van der Waals surface area contributed by atoms with Crippen LogP contribution in [0, 0.1) is 12.8 Å². The summed E-state index contributed by atoms with van der Waals surface area (Å²) in [6.07, 6.45) is 5.07. The van der Waals surface area contributed by atoms with Crippen molar-refractivity contribution in [1.82, 2.24) is 0 Å². The third-order valence-corrected chi connectivity index (χ3v) is 2.60. The Kier molecular flexibility index (Phi) is 25.2. The van der Waals surface area contributed by atoms with Crippen molar-refractivity contribution >= 4 is 29.8 Å². The molecule has 2 atom stereocenters. The van der Waals surface area contributed by atoms with Crippen molar-refractivity contribution in [2.24, 2.45) is 11.7 Å². The SMILES string of the molecule is CC(=O)O.O=C(O)C(=O)O.O=C(O)COCC(=O)O.[CH2+][C@@H]1CCCC[C@H]1N.[Pt]. The van der Waals surface area contributed by atoms with E-state index in [-0.39, 0.29) is 21.1 Å². The van der Waals surface area contributed by atoms with Crippen LogP contribution in [-0.4, -0.2) is 74.6 Å². The van der Waals surface area contributed by atoms with Crippen LogP contribution in [0.2, 0.25) is 0 Å². The number of carboxylic acid groups (broad SMARTS) is 5. The molecule has 0 unspecified atom stereocenters. The van der Waals surface area contributed by atoms with Gasteiger partial charge in [-0.05, 0) is 19.3 Å². The van der Waals surface area contributed by atoms with E-state index in [1.807, 2.05) is 0 Å². The maximum atomic E-state index is 9.66. The van der Waals surface area contributed by atoms with Crippen LogP contribution >= 0.6 is 0 Å². The molecule has 13 heteroatoms. The molecule has 1 saturated carbocycles. The van der Waals surface area contributed by atoms with Crippen LogP contribution in [0.4, 0.5) is 0 Å². The first-order valence-corrected chi connectivity index (χ1v) is 7.56. The Morgan fingerprint density at radius 2 is 1.21 bits per heavy atom. The summed E-state index contributed by atoms with van der Waals surface area (Å²) in [6, 6.07) is 0.392. The molecule has 0 heterocycles. The molecule has 0 aromatic carbocycles. The number of hydrogen-bond donors (Lipinski definition) is 6. The third-order valence-electron chi connectivity index (χ3n) is 2.60. The molecule has 0 amide bonds. The summed E-state index contributed by atoms with van der Waals surface area (Å²) in [6.45, 7) is 3.91. The molecule has 0 bridgehead atoms. The Hall–Kier alpha value is -2.17. The number of carboxylic acids is 5. The van der Waals surface area contributed by atoms with Crippen LogP contribution in [0.5, 0.6) is 0 Å². The second-order valence-corrected chi connectivity index (χ2v) is 5.12. The first-order valence-electron chi connectivity index (χ1n) is 7.56. The Morgan fingerprint density at radius 1 is 0.893 bits per heavy atom. The number of aliphatic carboxylic acids is 5. The average Bonchev–Trinajstić information content (AvgIpc) is 2.50. The fourth-order valence-electron chi connectivity index (χ4n) is 1.46. The van der Waals surface area contributed by atoms with Gasteiger partial charge in [-0.3, -0.25) is 4.79 Å². The second-order valence-electron chi connectivity index (χ2n) is 5.12. The molecule has 1 fully saturated rings. The van der Waals surface area contributed by atoms with Crippen LogP contribution in [-0.2, 0) is 49.8 Å². The van der Waals surface area contributed by atoms with Gasteiger partial charge in [-0.15, -0.1) is 0 Å². The number of nitrogens with two attached hydrogens (primary N) is 1. The number of ether oxygens (including phenoxy) is 1. The van der Waals surface area contributed by atoms with Crippen LogP contribution in [0.25, 0.3) is 0 Å². The molecule has 1 rings (SSSR count). The van der Waals surface area contributed by atoms with Crippen molar-refractivity contribution in [3.05, 3.63) is 6.92 Å². The molecule has 0 saturated heterocycles. The summed E-state index contributed by atoms with van der Waals surface area (Å²) in [4.78, 5) is 46.5. The van der Waals surface area contributed by atoms with Crippen molar-refractivity contribution in [2.45, 2.75) is 38.6 Å². The Balaban J connectivity index is -0.000000141. The zero-order chi connectivity index (χ0) is 22.0. The Bertz CT molecular complexity index is 445. The fourth-order valence-corrected chi connectivity index (χ4v) is 1.46. The minimum absolute atomic E-state index is 0. The number of rotatable bonds is 4. The van der Waals surface area contributed by atoms with E-state index in [9.17, 15) is 9.59 Å². The van der Waals surface area contributed by atoms with Gasteiger partial charge in [0, 0.05) is 34.0 Å². The zero-order valence-electron chi connectivity index (χ0n) is 15.2. The van der Waals surface area contributed by atoms with Gasteiger partial charge in [0.2, 0.25) is 0 Å². The molecule has 0 spiro atoms. The van der Waals surface area contributed by atoms with Gasteiger partial charge in [0.25, 0.3) is 5.97 Å². The summed E-state index contributed by atoms with van der Waals surface area (Å²) in [7, 11) is 0. The van der Waals surface area contributed by atoms with Gasteiger partial charge in [-0.25, -0.2) is 19.2 Å². The average molecular weight is 591 g/mol. The minimum Gasteiger partial charge on any atom is -0.481 e. The van der Waals surface area contributed by atoms with Gasteiger partial charge < -0.3 is 36.0 Å². The van der Waals surface area contributed by atoms with Crippen molar-refractivity contribution < 1.29 is 75.3 Å². The summed E-state index contributed by atoms with van der Waals surface area (Å²) >= 11 is 0. The summed E-state index contributed by atoms with van der Waals surface area (Å²) < 4.78 is 4.16. The van der Waals surface area contributed by atoms with Crippen molar-refractivity contribution in [1.29, 1.82) is 0 Å². The molecule has 0 aromatic heterocycles. The van der Waals surface area contributed by atoms with Crippen LogP contribution in [0.15, 0.2) is 0 Å². The minimum atomic E-state index is -1.82.